The van der Waals surface area contributed by atoms with Crippen LogP contribution in [-0.2, 0) is 11.8 Å². The molecule has 1 unspecified atom stereocenters. The van der Waals surface area contributed by atoms with Gasteiger partial charge in [0.1, 0.15) is 5.78 Å². The van der Waals surface area contributed by atoms with E-state index in [1.165, 1.54) is 0 Å². The van der Waals surface area contributed by atoms with E-state index in [4.69, 9.17) is 0 Å². The second kappa shape index (κ2) is 3.64. The highest BCUT2D eigenvalue weighted by Crippen LogP contribution is 2.22. The predicted octanol–water partition coefficient (Wildman–Crippen LogP) is 0.539. The minimum Gasteiger partial charge on any atom is -0.299 e. The number of nitrogens with zero attached hydrogens (tertiary/aromatic N) is 4. The SMILES string of the molecule is CC(=O)C(c1nnnn1C)C(C)C. The first-order valence-corrected chi connectivity index (χ1v) is 4.26. The number of hydrogen-bond acceptors (Lipinski definition) is 4. The maximum atomic E-state index is 11.3. The van der Waals surface area contributed by atoms with E-state index < -0.39 is 0 Å². The summed E-state index contributed by atoms with van der Waals surface area (Å²) in [6.45, 7) is 5.54. The molecule has 0 radical (unpaired) electrons. The van der Waals surface area contributed by atoms with Crippen LogP contribution in [0.3, 0.4) is 0 Å². The van der Waals surface area contributed by atoms with Crippen LogP contribution < -0.4 is 0 Å². The number of aryl methyl sites for hydroxylation is 1. The molecule has 0 saturated carbocycles. The first kappa shape index (κ1) is 9.83. The quantitative estimate of drug-likeness (QED) is 0.684. The Morgan fingerprint density at radius 2 is 2.08 bits per heavy atom. The van der Waals surface area contributed by atoms with E-state index in [9.17, 15) is 4.79 Å². The van der Waals surface area contributed by atoms with Gasteiger partial charge in [0, 0.05) is 7.05 Å². The van der Waals surface area contributed by atoms with Gasteiger partial charge >= 0.3 is 0 Å². The van der Waals surface area contributed by atoms with Crippen molar-refractivity contribution >= 4 is 5.78 Å². The molecule has 0 aliphatic rings. The number of aromatic nitrogens is 4. The van der Waals surface area contributed by atoms with E-state index in [0.717, 1.165) is 0 Å². The molecule has 0 N–H and O–H groups in total. The summed E-state index contributed by atoms with van der Waals surface area (Å²) < 4.78 is 1.55. The molecule has 0 bridgehead atoms. The first-order valence-electron chi connectivity index (χ1n) is 4.26. The molecule has 1 aromatic rings. The standard InChI is InChI=1S/C8H14N4O/c1-5(2)7(6(3)13)8-9-10-11-12(8)4/h5,7H,1-4H3. The fourth-order valence-corrected chi connectivity index (χ4v) is 1.45. The topological polar surface area (TPSA) is 60.7 Å². The molecule has 0 spiro atoms. The predicted molar refractivity (Wildman–Crippen MR) is 47.1 cm³/mol. The molecular formula is C8H14N4O. The van der Waals surface area contributed by atoms with Crippen LogP contribution in [0.5, 0.6) is 0 Å². The van der Waals surface area contributed by atoms with Crippen molar-refractivity contribution in [1.29, 1.82) is 0 Å². The third kappa shape index (κ3) is 1.91. The van der Waals surface area contributed by atoms with Crippen molar-refractivity contribution in [3.8, 4) is 0 Å². The van der Waals surface area contributed by atoms with Crippen molar-refractivity contribution in [3.05, 3.63) is 5.82 Å². The molecule has 0 amide bonds. The molecule has 0 aliphatic heterocycles. The van der Waals surface area contributed by atoms with Gasteiger partial charge in [-0.25, -0.2) is 4.68 Å². The third-order valence-corrected chi connectivity index (χ3v) is 2.04. The monoisotopic (exact) mass is 182 g/mol. The van der Waals surface area contributed by atoms with Gasteiger partial charge < -0.3 is 0 Å². The number of hydrogen-bond donors (Lipinski definition) is 0. The van der Waals surface area contributed by atoms with Gasteiger partial charge in [0.05, 0.1) is 5.92 Å². The summed E-state index contributed by atoms with van der Waals surface area (Å²) in [6.07, 6.45) is 0. The molecule has 1 heterocycles. The van der Waals surface area contributed by atoms with E-state index >= 15 is 0 Å². The van der Waals surface area contributed by atoms with Gasteiger partial charge in [0.15, 0.2) is 5.82 Å². The smallest absolute Gasteiger partial charge is 0.161 e. The fourth-order valence-electron chi connectivity index (χ4n) is 1.45. The molecular weight excluding hydrogens is 168 g/mol. The highest BCUT2D eigenvalue weighted by molar-refractivity contribution is 5.82. The van der Waals surface area contributed by atoms with Crippen LogP contribution in [0.4, 0.5) is 0 Å². The normalized spacial score (nSPS) is 13.3. The molecule has 1 rings (SSSR count). The summed E-state index contributed by atoms with van der Waals surface area (Å²) in [4.78, 5) is 11.3. The Hall–Kier alpha value is -1.26. The minimum atomic E-state index is -0.194. The Bertz CT molecular complexity index is 305. The molecule has 1 atom stereocenters. The van der Waals surface area contributed by atoms with Gasteiger partial charge in [0.2, 0.25) is 0 Å². The maximum absolute atomic E-state index is 11.3. The lowest BCUT2D eigenvalue weighted by molar-refractivity contribution is -0.119. The van der Waals surface area contributed by atoms with Gasteiger partial charge in [-0.15, -0.1) is 5.10 Å². The summed E-state index contributed by atoms with van der Waals surface area (Å²) in [5, 5.41) is 11.1. The number of carbonyl (C=O) groups excluding carboxylic acids is 1. The van der Waals surface area contributed by atoms with Gasteiger partial charge in [-0.05, 0) is 23.3 Å². The highest BCUT2D eigenvalue weighted by Gasteiger charge is 2.25. The zero-order valence-electron chi connectivity index (χ0n) is 8.35. The fraction of sp³-hybridized carbons (Fsp3) is 0.750. The average molecular weight is 182 g/mol. The van der Waals surface area contributed by atoms with Gasteiger partial charge in [-0.1, -0.05) is 13.8 Å². The molecule has 5 nitrogen and oxygen atoms in total. The van der Waals surface area contributed by atoms with E-state index in [1.807, 2.05) is 13.8 Å². The lowest BCUT2D eigenvalue weighted by Gasteiger charge is -2.15. The summed E-state index contributed by atoms with van der Waals surface area (Å²) in [5.41, 5.74) is 0. The summed E-state index contributed by atoms with van der Waals surface area (Å²) in [5.74, 6) is 0.776. The second-order valence-electron chi connectivity index (χ2n) is 3.49. The van der Waals surface area contributed by atoms with Crippen LogP contribution in [-0.4, -0.2) is 26.0 Å². The molecule has 13 heavy (non-hydrogen) atoms. The van der Waals surface area contributed by atoms with Gasteiger partial charge in [0.25, 0.3) is 0 Å². The number of carbonyl (C=O) groups is 1. The molecule has 0 aromatic carbocycles. The Morgan fingerprint density at radius 3 is 2.38 bits per heavy atom. The van der Waals surface area contributed by atoms with Crippen LogP contribution in [0.1, 0.15) is 32.5 Å². The molecule has 0 saturated heterocycles. The minimum absolute atomic E-state index is 0.105. The van der Waals surface area contributed by atoms with Gasteiger partial charge in [-0.3, -0.25) is 4.79 Å². The van der Waals surface area contributed by atoms with Crippen LogP contribution in [0, 0.1) is 5.92 Å². The van der Waals surface area contributed by atoms with E-state index in [2.05, 4.69) is 15.5 Å². The number of Topliss-reactive ketones (excluding diaryl/α,β-unsaturated/α-hetero) is 1. The Kier molecular flexibility index (Phi) is 2.75. The van der Waals surface area contributed by atoms with E-state index in [-0.39, 0.29) is 17.6 Å². The van der Waals surface area contributed by atoms with Crippen LogP contribution >= 0.6 is 0 Å². The first-order chi connectivity index (χ1) is 6.04. The second-order valence-corrected chi connectivity index (χ2v) is 3.49. The molecule has 5 heteroatoms. The number of tetrazole rings is 1. The van der Waals surface area contributed by atoms with Crippen molar-refractivity contribution in [2.45, 2.75) is 26.7 Å². The Balaban J connectivity index is 3.02. The van der Waals surface area contributed by atoms with E-state index in [1.54, 1.807) is 18.7 Å². The molecule has 1 aromatic heterocycles. The largest absolute Gasteiger partial charge is 0.299 e. The Labute approximate surface area is 77.1 Å². The lowest BCUT2D eigenvalue weighted by atomic mass is 9.91. The molecule has 72 valence electrons. The van der Waals surface area contributed by atoms with Crippen molar-refractivity contribution < 1.29 is 4.79 Å². The lowest BCUT2D eigenvalue weighted by Crippen LogP contribution is -2.19. The van der Waals surface area contributed by atoms with Crippen LogP contribution in [0.25, 0.3) is 0 Å². The zero-order chi connectivity index (χ0) is 10.0. The number of rotatable bonds is 3. The van der Waals surface area contributed by atoms with Crippen molar-refractivity contribution in [2.75, 3.05) is 0 Å². The van der Waals surface area contributed by atoms with E-state index in [0.29, 0.717) is 5.82 Å². The zero-order valence-corrected chi connectivity index (χ0v) is 8.35. The highest BCUT2D eigenvalue weighted by atomic mass is 16.1. The number of ketones is 1. The van der Waals surface area contributed by atoms with Crippen LogP contribution in [0.15, 0.2) is 0 Å². The Morgan fingerprint density at radius 1 is 1.46 bits per heavy atom. The summed E-state index contributed by atoms with van der Waals surface area (Å²) in [6, 6.07) is 0. The van der Waals surface area contributed by atoms with Gasteiger partial charge in [-0.2, -0.15) is 0 Å². The van der Waals surface area contributed by atoms with Crippen molar-refractivity contribution in [3.63, 3.8) is 0 Å². The molecule has 0 fully saturated rings. The summed E-state index contributed by atoms with van der Waals surface area (Å²) >= 11 is 0. The van der Waals surface area contributed by atoms with Crippen LogP contribution in [0.2, 0.25) is 0 Å². The molecule has 0 aliphatic carbocycles. The summed E-state index contributed by atoms with van der Waals surface area (Å²) in [7, 11) is 1.74. The van der Waals surface area contributed by atoms with Crippen molar-refractivity contribution in [2.24, 2.45) is 13.0 Å². The third-order valence-electron chi connectivity index (χ3n) is 2.04. The maximum Gasteiger partial charge on any atom is 0.161 e. The average Bonchev–Trinajstić information content (AvgIpc) is 2.35. The van der Waals surface area contributed by atoms with Crippen molar-refractivity contribution in [1.82, 2.24) is 20.2 Å².